The first-order valence-corrected chi connectivity index (χ1v) is 6.95. The predicted octanol–water partition coefficient (Wildman–Crippen LogP) is 3.41. The van der Waals surface area contributed by atoms with E-state index in [1.807, 2.05) is 18.2 Å². The van der Waals surface area contributed by atoms with Crippen LogP contribution < -0.4 is 10.1 Å². The number of ether oxygens (including phenoxy) is 1. The largest absolute Gasteiger partial charge is 0.496 e. The molecular weight excluding hydrogens is 262 g/mol. The molecule has 4 heteroatoms. The molecule has 0 saturated heterocycles. The summed E-state index contributed by atoms with van der Waals surface area (Å²) in [6.07, 6.45) is 0.777. The predicted molar refractivity (Wildman–Crippen MR) is 79.9 cm³/mol. The highest BCUT2D eigenvalue weighted by molar-refractivity contribution is 6.30. The van der Waals surface area contributed by atoms with E-state index in [9.17, 15) is 0 Å². The van der Waals surface area contributed by atoms with E-state index in [1.165, 1.54) is 0 Å². The first-order chi connectivity index (χ1) is 8.89. The zero-order valence-electron chi connectivity index (χ0n) is 12.2. The second-order valence-electron chi connectivity index (χ2n) is 5.63. The summed E-state index contributed by atoms with van der Waals surface area (Å²) in [5, 5.41) is 13.2. The van der Waals surface area contributed by atoms with Crippen molar-refractivity contribution in [1.29, 1.82) is 0 Å². The lowest BCUT2D eigenvalue weighted by Crippen LogP contribution is -2.32. The van der Waals surface area contributed by atoms with Crippen LogP contribution in [0.3, 0.4) is 0 Å². The van der Waals surface area contributed by atoms with Gasteiger partial charge in [-0.3, -0.25) is 0 Å². The third kappa shape index (κ3) is 5.01. The number of nitrogens with one attached hydrogen (secondary N) is 1. The van der Waals surface area contributed by atoms with Crippen LogP contribution in [0, 0.1) is 5.41 Å². The van der Waals surface area contributed by atoms with Crippen molar-refractivity contribution in [2.45, 2.75) is 33.2 Å². The topological polar surface area (TPSA) is 41.5 Å². The van der Waals surface area contributed by atoms with Crippen LogP contribution in [0.25, 0.3) is 0 Å². The molecule has 0 amide bonds. The van der Waals surface area contributed by atoms with Gasteiger partial charge in [0.05, 0.1) is 7.11 Å². The number of aliphatic hydroxyl groups excluding tert-OH is 1. The molecule has 0 saturated carbocycles. The lowest BCUT2D eigenvalue weighted by Gasteiger charge is -2.27. The van der Waals surface area contributed by atoms with Crippen molar-refractivity contribution in [3.05, 3.63) is 28.8 Å². The Hall–Kier alpha value is -0.770. The molecule has 0 heterocycles. The van der Waals surface area contributed by atoms with E-state index < -0.39 is 0 Å². The molecule has 108 valence electrons. The van der Waals surface area contributed by atoms with E-state index in [4.69, 9.17) is 21.4 Å². The van der Waals surface area contributed by atoms with Crippen LogP contribution >= 0.6 is 11.6 Å². The zero-order chi connectivity index (χ0) is 14.5. The second-order valence-corrected chi connectivity index (χ2v) is 6.06. The molecule has 0 fully saturated rings. The van der Waals surface area contributed by atoms with Crippen LogP contribution in [0.1, 0.15) is 38.8 Å². The van der Waals surface area contributed by atoms with Gasteiger partial charge in [0.25, 0.3) is 0 Å². The van der Waals surface area contributed by atoms with Crippen molar-refractivity contribution >= 4 is 11.6 Å². The van der Waals surface area contributed by atoms with Crippen LogP contribution in [0.2, 0.25) is 5.02 Å². The fourth-order valence-electron chi connectivity index (χ4n) is 1.97. The maximum absolute atomic E-state index is 9.04. The Labute approximate surface area is 120 Å². The first-order valence-electron chi connectivity index (χ1n) is 6.57. The molecule has 0 radical (unpaired) electrons. The SMILES string of the molecule is COc1ccc(Cl)cc1C(C)NCC(C)(C)CCO. The maximum atomic E-state index is 9.04. The highest BCUT2D eigenvalue weighted by Gasteiger charge is 2.19. The lowest BCUT2D eigenvalue weighted by atomic mass is 9.89. The minimum atomic E-state index is 0.0643. The summed E-state index contributed by atoms with van der Waals surface area (Å²) >= 11 is 6.04. The molecule has 0 bridgehead atoms. The quantitative estimate of drug-likeness (QED) is 0.807. The van der Waals surface area contributed by atoms with Gasteiger partial charge in [-0.15, -0.1) is 0 Å². The standard InChI is InChI=1S/C15H24ClNO2/c1-11(17-10-15(2,3)7-8-18)13-9-12(16)5-6-14(13)19-4/h5-6,9,11,17-18H,7-8,10H2,1-4H3. The average Bonchev–Trinajstić information content (AvgIpc) is 2.36. The van der Waals surface area contributed by atoms with Crippen molar-refractivity contribution in [3.63, 3.8) is 0 Å². The maximum Gasteiger partial charge on any atom is 0.123 e. The number of rotatable bonds is 7. The molecule has 1 atom stereocenters. The molecular formula is C15H24ClNO2. The van der Waals surface area contributed by atoms with Crippen molar-refractivity contribution in [2.75, 3.05) is 20.3 Å². The number of methoxy groups -OCH3 is 1. The normalized spacial score (nSPS) is 13.4. The van der Waals surface area contributed by atoms with E-state index in [0.29, 0.717) is 5.02 Å². The summed E-state index contributed by atoms with van der Waals surface area (Å²) in [6, 6.07) is 5.78. The fourth-order valence-corrected chi connectivity index (χ4v) is 2.15. The van der Waals surface area contributed by atoms with E-state index in [1.54, 1.807) is 7.11 Å². The Bertz CT molecular complexity index is 407. The molecule has 0 aliphatic rings. The molecule has 3 nitrogen and oxygen atoms in total. The van der Waals surface area contributed by atoms with Crippen LogP contribution in [0.5, 0.6) is 5.75 Å². The molecule has 0 aromatic heterocycles. The Balaban J connectivity index is 2.72. The summed E-state index contributed by atoms with van der Waals surface area (Å²) in [6.45, 7) is 7.40. The van der Waals surface area contributed by atoms with E-state index in [-0.39, 0.29) is 18.1 Å². The van der Waals surface area contributed by atoms with Crippen LogP contribution in [0.15, 0.2) is 18.2 Å². The van der Waals surface area contributed by atoms with Crippen LogP contribution in [0.4, 0.5) is 0 Å². The molecule has 1 aromatic rings. The third-order valence-corrected chi connectivity index (χ3v) is 3.57. The summed E-state index contributed by atoms with van der Waals surface area (Å²) < 4.78 is 5.36. The van der Waals surface area contributed by atoms with Crippen LogP contribution in [-0.4, -0.2) is 25.4 Å². The van der Waals surface area contributed by atoms with Gasteiger partial charge in [-0.25, -0.2) is 0 Å². The molecule has 0 aliphatic carbocycles. The molecule has 1 unspecified atom stereocenters. The highest BCUT2D eigenvalue weighted by Crippen LogP contribution is 2.29. The van der Waals surface area contributed by atoms with Crippen molar-refractivity contribution in [1.82, 2.24) is 5.32 Å². The van der Waals surface area contributed by atoms with Gasteiger partial charge in [-0.1, -0.05) is 25.4 Å². The number of halogens is 1. The van der Waals surface area contributed by atoms with E-state index in [2.05, 4.69) is 26.1 Å². The molecule has 1 aromatic carbocycles. The van der Waals surface area contributed by atoms with Gasteiger partial charge in [0, 0.05) is 29.8 Å². The van der Waals surface area contributed by atoms with Gasteiger partial charge in [0.1, 0.15) is 5.75 Å². The minimum absolute atomic E-state index is 0.0643. The molecule has 2 N–H and O–H groups in total. The number of benzene rings is 1. The fraction of sp³-hybridized carbons (Fsp3) is 0.600. The van der Waals surface area contributed by atoms with Gasteiger partial charge in [-0.2, -0.15) is 0 Å². The summed E-state index contributed by atoms with van der Waals surface area (Å²) in [4.78, 5) is 0. The second kappa shape index (κ2) is 7.13. The third-order valence-electron chi connectivity index (χ3n) is 3.33. The smallest absolute Gasteiger partial charge is 0.123 e. The van der Waals surface area contributed by atoms with E-state index in [0.717, 1.165) is 24.3 Å². The summed E-state index contributed by atoms with van der Waals surface area (Å²) in [5.41, 5.74) is 1.12. The minimum Gasteiger partial charge on any atom is -0.496 e. The van der Waals surface area contributed by atoms with Crippen LogP contribution in [-0.2, 0) is 0 Å². The van der Waals surface area contributed by atoms with Gasteiger partial charge in [0.15, 0.2) is 0 Å². The Morgan fingerprint density at radius 2 is 2.11 bits per heavy atom. The zero-order valence-corrected chi connectivity index (χ0v) is 12.9. The number of aliphatic hydroxyl groups is 1. The van der Waals surface area contributed by atoms with Crippen molar-refractivity contribution in [2.24, 2.45) is 5.41 Å². The molecule has 0 spiro atoms. The lowest BCUT2D eigenvalue weighted by molar-refractivity contribution is 0.203. The Kier molecular flexibility index (Phi) is 6.11. The summed E-state index contributed by atoms with van der Waals surface area (Å²) in [7, 11) is 1.66. The molecule has 19 heavy (non-hydrogen) atoms. The van der Waals surface area contributed by atoms with Gasteiger partial charge >= 0.3 is 0 Å². The van der Waals surface area contributed by atoms with Gasteiger partial charge in [0.2, 0.25) is 0 Å². The molecule has 0 aliphatic heterocycles. The molecule has 1 rings (SSSR count). The Morgan fingerprint density at radius 3 is 2.68 bits per heavy atom. The Morgan fingerprint density at radius 1 is 1.42 bits per heavy atom. The highest BCUT2D eigenvalue weighted by atomic mass is 35.5. The van der Waals surface area contributed by atoms with Crippen molar-refractivity contribution in [3.8, 4) is 5.75 Å². The first kappa shape index (κ1) is 16.3. The summed E-state index contributed by atoms with van der Waals surface area (Å²) in [5.74, 6) is 0.837. The number of hydrogen-bond donors (Lipinski definition) is 2. The van der Waals surface area contributed by atoms with Gasteiger partial charge < -0.3 is 15.2 Å². The van der Waals surface area contributed by atoms with Crippen molar-refractivity contribution < 1.29 is 9.84 Å². The monoisotopic (exact) mass is 285 g/mol. The van der Waals surface area contributed by atoms with E-state index >= 15 is 0 Å². The number of hydrogen-bond acceptors (Lipinski definition) is 3. The van der Waals surface area contributed by atoms with Gasteiger partial charge in [-0.05, 0) is 37.0 Å². The average molecular weight is 286 g/mol.